The van der Waals surface area contributed by atoms with Crippen LogP contribution in [0.5, 0.6) is 0 Å². The SMILES string of the molecule is CC(F)c1nc(Cl)cc(Cl)n1. The Bertz CT molecular complexity index is 245. The van der Waals surface area contributed by atoms with Crippen LogP contribution in [0.4, 0.5) is 4.39 Å². The topological polar surface area (TPSA) is 25.8 Å². The zero-order chi connectivity index (χ0) is 8.43. The summed E-state index contributed by atoms with van der Waals surface area (Å²) in [5.41, 5.74) is 0. The number of aromatic nitrogens is 2. The molecule has 11 heavy (non-hydrogen) atoms. The summed E-state index contributed by atoms with van der Waals surface area (Å²) < 4.78 is 12.6. The van der Waals surface area contributed by atoms with E-state index in [0.717, 1.165) is 0 Å². The van der Waals surface area contributed by atoms with Crippen LogP contribution in [-0.4, -0.2) is 9.97 Å². The molecule has 0 saturated carbocycles. The van der Waals surface area contributed by atoms with E-state index in [1.807, 2.05) is 0 Å². The second-order valence-corrected chi connectivity index (χ2v) is 2.76. The number of halogens is 3. The van der Waals surface area contributed by atoms with Gasteiger partial charge < -0.3 is 0 Å². The van der Waals surface area contributed by atoms with Crippen molar-refractivity contribution in [2.24, 2.45) is 0 Å². The Kier molecular flexibility index (Phi) is 2.62. The van der Waals surface area contributed by atoms with Crippen LogP contribution in [0.2, 0.25) is 10.3 Å². The monoisotopic (exact) mass is 194 g/mol. The van der Waals surface area contributed by atoms with E-state index in [2.05, 4.69) is 9.97 Å². The summed E-state index contributed by atoms with van der Waals surface area (Å²) >= 11 is 11.0. The van der Waals surface area contributed by atoms with E-state index >= 15 is 0 Å². The Morgan fingerprint density at radius 2 is 1.82 bits per heavy atom. The predicted octanol–water partition coefficient (Wildman–Crippen LogP) is 2.81. The van der Waals surface area contributed by atoms with Gasteiger partial charge in [0.15, 0.2) is 12.0 Å². The average molecular weight is 195 g/mol. The minimum Gasteiger partial charge on any atom is -0.239 e. The van der Waals surface area contributed by atoms with Gasteiger partial charge >= 0.3 is 0 Å². The Morgan fingerprint density at radius 3 is 2.18 bits per heavy atom. The van der Waals surface area contributed by atoms with Crippen molar-refractivity contribution in [2.75, 3.05) is 0 Å². The minimum absolute atomic E-state index is 0.0162. The van der Waals surface area contributed by atoms with Crippen LogP contribution >= 0.6 is 23.2 Å². The van der Waals surface area contributed by atoms with E-state index in [-0.39, 0.29) is 16.1 Å². The lowest BCUT2D eigenvalue weighted by atomic mass is 10.4. The zero-order valence-electron chi connectivity index (χ0n) is 5.68. The zero-order valence-corrected chi connectivity index (χ0v) is 7.19. The molecule has 1 atom stereocenters. The van der Waals surface area contributed by atoms with Crippen molar-refractivity contribution < 1.29 is 4.39 Å². The lowest BCUT2D eigenvalue weighted by Gasteiger charge is -2.00. The molecule has 0 aliphatic heterocycles. The molecule has 0 saturated heterocycles. The maximum absolute atomic E-state index is 12.6. The van der Waals surface area contributed by atoms with Gasteiger partial charge in [0, 0.05) is 6.07 Å². The van der Waals surface area contributed by atoms with E-state index < -0.39 is 6.17 Å². The molecule has 0 aliphatic rings. The Hall–Kier alpha value is -0.410. The van der Waals surface area contributed by atoms with E-state index in [1.54, 1.807) is 0 Å². The van der Waals surface area contributed by atoms with E-state index in [9.17, 15) is 4.39 Å². The fraction of sp³-hybridized carbons (Fsp3) is 0.333. The lowest BCUT2D eigenvalue weighted by molar-refractivity contribution is 0.356. The molecule has 5 heteroatoms. The summed E-state index contributed by atoms with van der Waals surface area (Å²) in [6.45, 7) is 1.32. The maximum atomic E-state index is 12.6. The smallest absolute Gasteiger partial charge is 0.165 e. The average Bonchev–Trinajstić information content (AvgIpc) is 1.85. The summed E-state index contributed by atoms with van der Waals surface area (Å²) in [6, 6.07) is 1.36. The molecule has 1 heterocycles. The van der Waals surface area contributed by atoms with Crippen molar-refractivity contribution in [2.45, 2.75) is 13.1 Å². The quantitative estimate of drug-likeness (QED) is 0.643. The molecule has 0 fully saturated rings. The van der Waals surface area contributed by atoms with Crippen LogP contribution in [0.3, 0.4) is 0 Å². The molecule has 1 rings (SSSR count). The van der Waals surface area contributed by atoms with Crippen LogP contribution in [-0.2, 0) is 0 Å². The van der Waals surface area contributed by atoms with E-state index in [1.165, 1.54) is 13.0 Å². The lowest BCUT2D eigenvalue weighted by Crippen LogP contribution is -1.95. The summed E-state index contributed by atoms with van der Waals surface area (Å²) in [5.74, 6) is 0.0162. The minimum atomic E-state index is -1.24. The molecule has 60 valence electrons. The molecule has 0 radical (unpaired) electrons. The van der Waals surface area contributed by atoms with Crippen LogP contribution in [0.25, 0.3) is 0 Å². The molecule has 0 aliphatic carbocycles. The molecule has 1 unspecified atom stereocenters. The first-order chi connectivity index (χ1) is 5.09. The van der Waals surface area contributed by atoms with Crippen LogP contribution in [0.1, 0.15) is 18.9 Å². The fourth-order valence-electron chi connectivity index (χ4n) is 0.585. The first-order valence-electron chi connectivity index (χ1n) is 2.93. The van der Waals surface area contributed by atoms with Gasteiger partial charge in [0.1, 0.15) is 10.3 Å². The predicted molar refractivity (Wildman–Crippen MR) is 41.6 cm³/mol. The molecule has 0 N–H and O–H groups in total. The number of hydrogen-bond acceptors (Lipinski definition) is 2. The van der Waals surface area contributed by atoms with Crippen molar-refractivity contribution in [3.05, 3.63) is 22.2 Å². The highest BCUT2D eigenvalue weighted by Gasteiger charge is 2.08. The van der Waals surface area contributed by atoms with Gasteiger partial charge in [0.2, 0.25) is 0 Å². The Balaban J connectivity index is 3.08. The van der Waals surface area contributed by atoms with Crippen molar-refractivity contribution in [3.63, 3.8) is 0 Å². The van der Waals surface area contributed by atoms with Crippen molar-refractivity contribution >= 4 is 23.2 Å². The number of hydrogen-bond donors (Lipinski definition) is 0. The van der Waals surface area contributed by atoms with Crippen LogP contribution in [0.15, 0.2) is 6.07 Å². The van der Waals surface area contributed by atoms with Crippen LogP contribution < -0.4 is 0 Å². The highest BCUT2D eigenvalue weighted by molar-refractivity contribution is 6.33. The van der Waals surface area contributed by atoms with Gasteiger partial charge in [-0.25, -0.2) is 14.4 Å². The van der Waals surface area contributed by atoms with Crippen LogP contribution in [0, 0.1) is 0 Å². The van der Waals surface area contributed by atoms with Gasteiger partial charge in [0.05, 0.1) is 0 Å². The number of rotatable bonds is 1. The molecule has 1 aromatic heterocycles. The number of alkyl halides is 1. The van der Waals surface area contributed by atoms with Gasteiger partial charge in [-0.3, -0.25) is 0 Å². The number of nitrogens with zero attached hydrogens (tertiary/aromatic N) is 2. The normalized spacial score (nSPS) is 13.1. The third-order valence-corrected chi connectivity index (χ3v) is 1.42. The molecule has 1 aromatic rings. The fourth-order valence-corrected chi connectivity index (χ4v) is 1.02. The molecular formula is C6H5Cl2FN2. The van der Waals surface area contributed by atoms with Gasteiger partial charge in [-0.2, -0.15) is 0 Å². The highest BCUT2D eigenvalue weighted by atomic mass is 35.5. The van der Waals surface area contributed by atoms with Gasteiger partial charge in [-0.05, 0) is 6.92 Å². The summed E-state index contributed by atoms with van der Waals surface area (Å²) in [6.07, 6.45) is -1.24. The molecule has 2 nitrogen and oxygen atoms in total. The highest BCUT2D eigenvalue weighted by Crippen LogP contribution is 2.17. The largest absolute Gasteiger partial charge is 0.239 e. The second-order valence-electron chi connectivity index (χ2n) is 1.99. The first kappa shape index (κ1) is 8.68. The molecular weight excluding hydrogens is 190 g/mol. The molecule has 0 aromatic carbocycles. The first-order valence-corrected chi connectivity index (χ1v) is 3.69. The molecule has 0 amide bonds. The molecule has 0 bridgehead atoms. The standard InChI is InChI=1S/C6H5Cl2FN2/c1-3(9)6-10-4(7)2-5(8)11-6/h2-3H,1H3. The summed E-state index contributed by atoms with van der Waals surface area (Å²) in [7, 11) is 0. The third kappa shape index (κ3) is 2.27. The van der Waals surface area contributed by atoms with Gasteiger partial charge in [-0.15, -0.1) is 0 Å². The van der Waals surface area contributed by atoms with E-state index in [0.29, 0.717) is 0 Å². The second kappa shape index (κ2) is 3.32. The van der Waals surface area contributed by atoms with Crippen molar-refractivity contribution in [3.8, 4) is 0 Å². The maximum Gasteiger partial charge on any atom is 0.165 e. The summed E-state index contributed by atoms with van der Waals surface area (Å²) in [5, 5.41) is 0.314. The van der Waals surface area contributed by atoms with E-state index in [4.69, 9.17) is 23.2 Å². The van der Waals surface area contributed by atoms with Gasteiger partial charge in [0.25, 0.3) is 0 Å². The summed E-state index contributed by atoms with van der Waals surface area (Å²) in [4.78, 5) is 7.26. The van der Waals surface area contributed by atoms with Crippen molar-refractivity contribution in [1.29, 1.82) is 0 Å². The van der Waals surface area contributed by atoms with Crippen molar-refractivity contribution in [1.82, 2.24) is 9.97 Å². The van der Waals surface area contributed by atoms with Gasteiger partial charge in [-0.1, -0.05) is 23.2 Å². The third-order valence-electron chi connectivity index (χ3n) is 1.04. The Labute approximate surface area is 73.4 Å². The Morgan fingerprint density at radius 1 is 1.36 bits per heavy atom. The molecule has 0 spiro atoms.